The van der Waals surface area contributed by atoms with Crippen LogP contribution < -0.4 is 0 Å². The lowest BCUT2D eigenvalue weighted by Gasteiger charge is -2.37. The highest BCUT2D eigenvalue weighted by atomic mass is 16.3. The first kappa shape index (κ1) is 12.5. The quantitative estimate of drug-likeness (QED) is 0.757. The molecule has 0 aromatic rings. The van der Waals surface area contributed by atoms with Crippen molar-refractivity contribution in [3.05, 3.63) is 0 Å². The Morgan fingerprint density at radius 1 is 1.27 bits per heavy atom. The van der Waals surface area contributed by atoms with E-state index in [2.05, 4.69) is 13.8 Å². The van der Waals surface area contributed by atoms with E-state index in [1.807, 2.05) is 18.7 Å². The van der Waals surface area contributed by atoms with Crippen molar-refractivity contribution in [3.63, 3.8) is 0 Å². The summed E-state index contributed by atoms with van der Waals surface area (Å²) in [7, 11) is 0. The Kier molecular flexibility index (Phi) is 3.77. The molecule has 1 saturated heterocycles. The molecule has 1 atom stereocenters. The van der Waals surface area contributed by atoms with Gasteiger partial charge in [-0.3, -0.25) is 4.79 Å². The molecule has 1 rings (SSSR count). The minimum Gasteiger partial charge on any atom is -0.390 e. The molecule has 1 aliphatic heterocycles. The molecule has 0 aromatic carbocycles. The maximum absolute atomic E-state index is 12.0. The first-order valence-corrected chi connectivity index (χ1v) is 5.84. The topological polar surface area (TPSA) is 40.5 Å². The van der Waals surface area contributed by atoms with Crippen LogP contribution >= 0.6 is 0 Å². The molecule has 3 heteroatoms. The summed E-state index contributed by atoms with van der Waals surface area (Å²) >= 11 is 0. The van der Waals surface area contributed by atoms with Crippen LogP contribution in [0.1, 0.15) is 40.5 Å². The average Bonchev–Trinajstić information content (AvgIpc) is 2.15. The summed E-state index contributed by atoms with van der Waals surface area (Å²) in [6.45, 7) is 9.37. The SMILES string of the molecule is CC(C)C(C)C(=O)N1CCC(C)(O)CC1. The Balaban J connectivity index is 2.50. The van der Waals surface area contributed by atoms with E-state index < -0.39 is 5.60 Å². The zero-order valence-electron chi connectivity index (χ0n) is 10.3. The smallest absolute Gasteiger partial charge is 0.225 e. The number of likely N-dealkylation sites (tertiary alicyclic amines) is 1. The van der Waals surface area contributed by atoms with E-state index in [1.54, 1.807) is 0 Å². The predicted octanol–water partition coefficient (Wildman–Crippen LogP) is 1.65. The zero-order valence-corrected chi connectivity index (χ0v) is 10.3. The minimum atomic E-state index is -0.572. The number of aliphatic hydroxyl groups is 1. The van der Waals surface area contributed by atoms with Crippen LogP contribution in [-0.4, -0.2) is 34.6 Å². The summed E-state index contributed by atoms with van der Waals surface area (Å²) in [6.07, 6.45) is 1.40. The standard InChI is InChI=1S/C12H23NO2/c1-9(2)10(3)11(14)13-7-5-12(4,15)6-8-13/h9-10,15H,5-8H2,1-4H3. The van der Waals surface area contributed by atoms with E-state index in [0.717, 1.165) is 0 Å². The van der Waals surface area contributed by atoms with Crippen molar-refractivity contribution >= 4 is 5.91 Å². The van der Waals surface area contributed by atoms with Gasteiger partial charge in [0.1, 0.15) is 0 Å². The molecule has 0 aliphatic carbocycles. The third-order valence-corrected chi connectivity index (χ3v) is 3.54. The summed E-state index contributed by atoms with van der Waals surface area (Å²) in [6, 6.07) is 0. The van der Waals surface area contributed by atoms with Crippen molar-refractivity contribution in [2.24, 2.45) is 11.8 Å². The van der Waals surface area contributed by atoms with E-state index in [0.29, 0.717) is 31.8 Å². The van der Waals surface area contributed by atoms with Crippen molar-refractivity contribution in [1.82, 2.24) is 4.90 Å². The van der Waals surface area contributed by atoms with Crippen molar-refractivity contribution in [2.45, 2.75) is 46.1 Å². The highest BCUT2D eigenvalue weighted by Gasteiger charge is 2.31. The van der Waals surface area contributed by atoms with Gasteiger partial charge in [-0.1, -0.05) is 20.8 Å². The fourth-order valence-electron chi connectivity index (χ4n) is 1.78. The first-order valence-electron chi connectivity index (χ1n) is 5.84. The molecule has 1 amide bonds. The van der Waals surface area contributed by atoms with Crippen LogP contribution in [0.25, 0.3) is 0 Å². The van der Waals surface area contributed by atoms with Gasteiger partial charge in [-0.05, 0) is 25.7 Å². The number of carbonyl (C=O) groups is 1. The molecule has 1 N–H and O–H groups in total. The molecule has 0 radical (unpaired) electrons. The van der Waals surface area contributed by atoms with E-state index in [-0.39, 0.29) is 11.8 Å². The van der Waals surface area contributed by atoms with Crippen molar-refractivity contribution in [2.75, 3.05) is 13.1 Å². The number of hydrogen-bond acceptors (Lipinski definition) is 2. The maximum atomic E-state index is 12.0. The summed E-state index contributed by atoms with van der Waals surface area (Å²) < 4.78 is 0. The Hall–Kier alpha value is -0.570. The molecular weight excluding hydrogens is 190 g/mol. The van der Waals surface area contributed by atoms with Gasteiger partial charge in [0.15, 0.2) is 0 Å². The van der Waals surface area contributed by atoms with Crippen LogP contribution in [0.3, 0.4) is 0 Å². The highest BCUT2D eigenvalue weighted by molar-refractivity contribution is 5.78. The molecule has 0 aromatic heterocycles. The van der Waals surface area contributed by atoms with Crippen LogP contribution in [0.4, 0.5) is 0 Å². The largest absolute Gasteiger partial charge is 0.390 e. The van der Waals surface area contributed by atoms with Gasteiger partial charge in [-0.2, -0.15) is 0 Å². The third kappa shape index (κ3) is 3.20. The van der Waals surface area contributed by atoms with Gasteiger partial charge in [0, 0.05) is 19.0 Å². The molecular formula is C12H23NO2. The predicted molar refractivity (Wildman–Crippen MR) is 60.4 cm³/mol. The van der Waals surface area contributed by atoms with Crippen molar-refractivity contribution < 1.29 is 9.90 Å². The van der Waals surface area contributed by atoms with E-state index in [1.165, 1.54) is 0 Å². The zero-order chi connectivity index (χ0) is 11.6. The van der Waals surface area contributed by atoms with E-state index >= 15 is 0 Å². The molecule has 1 heterocycles. The Morgan fingerprint density at radius 2 is 1.73 bits per heavy atom. The number of rotatable bonds is 2. The lowest BCUT2D eigenvalue weighted by atomic mass is 9.91. The van der Waals surface area contributed by atoms with Crippen molar-refractivity contribution in [1.29, 1.82) is 0 Å². The van der Waals surface area contributed by atoms with Gasteiger partial charge in [-0.25, -0.2) is 0 Å². The number of hydrogen-bond donors (Lipinski definition) is 1. The van der Waals surface area contributed by atoms with Crippen LogP contribution in [0.5, 0.6) is 0 Å². The van der Waals surface area contributed by atoms with Gasteiger partial charge in [-0.15, -0.1) is 0 Å². The van der Waals surface area contributed by atoms with E-state index in [4.69, 9.17) is 0 Å². The number of piperidine rings is 1. The Labute approximate surface area is 92.5 Å². The normalized spacial score (nSPS) is 22.9. The fourth-order valence-corrected chi connectivity index (χ4v) is 1.78. The highest BCUT2D eigenvalue weighted by Crippen LogP contribution is 2.23. The van der Waals surface area contributed by atoms with Gasteiger partial charge in [0.25, 0.3) is 0 Å². The molecule has 1 aliphatic rings. The van der Waals surface area contributed by atoms with Gasteiger partial charge >= 0.3 is 0 Å². The maximum Gasteiger partial charge on any atom is 0.225 e. The number of amides is 1. The van der Waals surface area contributed by atoms with Crippen LogP contribution in [-0.2, 0) is 4.79 Å². The summed E-state index contributed by atoms with van der Waals surface area (Å²) in [5.74, 6) is 0.716. The summed E-state index contributed by atoms with van der Waals surface area (Å²) in [5.41, 5.74) is -0.572. The molecule has 1 unspecified atom stereocenters. The summed E-state index contributed by atoms with van der Waals surface area (Å²) in [5, 5.41) is 9.78. The van der Waals surface area contributed by atoms with Crippen LogP contribution in [0.2, 0.25) is 0 Å². The Morgan fingerprint density at radius 3 is 2.13 bits per heavy atom. The lowest BCUT2D eigenvalue weighted by Crippen LogP contribution is -2.47. The van der Waals surface area contributed by atoms with E-state index in [9.17, 15) is 9.90 Å². The number of nitrogens with zero attached hydrogens (tertiary/aromatic N) is 1. The van der Waals surface area contributed by atoms with Crippen LogP contribution in [0, 0.1) is 11.8 Å². The Bertz CT molecular complexity index is 226. The minimum absolute atomic E-state index is 0.0908. The molecule has 88 valence electrons. The molecule has 15 heavy (non-hydrogen) atoms. The second kappa shape index (κ2) is 4.52. The average molecular weight is 213 g/mol. The van der Waals surface area contributed by atoms with Crippen molar-refractivity contribution in [3.8, 4) is 0 Å². The molecule has 0 saturated carbocycles. The first-order chi connectivity index (χ1) is 6.83. The molecule has 3 nitrogen and oxygen atoms in total. The lowest BCUT2D eigenvalue weighted by molar-refractivity contribution is -0.140. The van der Waals surface area contributed by atoms with Gasteiger partial charge in [0.2, 0.25) is 5.91 Å². The van der Waals surface area contributed by atoms with Gasteiger partial charge in [0.05, 0.1) is 5.60 Å². The van der Waals surface area contributed by atoms with Gasteiger partial charge < -0.3 is 10.0 Å². The molecule has 0 bridgehead atoms. The molecule has 1 fully saturated rings. The number of carbonyl (C=O) groups excluding carboxylic acids is 1. The molecule has 0 spiro atoms. The monoisotopic (exact) mass is 213 g/mol. The van der Waals surface area contributed by atoms with Crippen LogP contribution in [0.15, 0.2) is 0 Å². The fraction of sp³-hybridized carbons (Fsp3) is 0.917. The second-order valence-corrected chi connectivity index (χ2v) is 5.35. The second-order valence-electron chi connectivity index (χ2n) is 5.35. The third-order valence-electron chi connectivity index (χ3n) is 3.54. The summed E-state index contributed by atoms with van der Waals surface area (Å²) in [4.78, 5) is 13.9.